The van der Waals surface area contributed by atoms with Gasteiger partial charge in [-0.25, -0.2) is 4.39 Å². The summed E-state index contributed by atoms with van der Waals surface area (Å²) in [5.41, 5.74) is 5.41. The summed E-state index contributed by atoms with van der Waals surface area (Å²) >= 11 is 0. The molecular weight excluding hydrogens is 309 g/mol. The molecule has 126 valence electrons. The zero-order valence-corrected chi connectivity index (χ0v) is 14.8. The first kappa shape index (κ1) is 17.0. The van der Waals surface area contributed by atoms with Crippen molar-refractivity contribution >= 4 is 10.9 Å². The van der Waals surface area contributed by atoms with Gasteiger partial charge < -0.3 is 4.98 Å². The normalized spacial score (nSPS) is 10.4. The molecule has 4 aromatic rings. The van der Waals surface area contributed by atoms with Gasteiger partial charge in [0.25, 0.3) is 0 Å². The fraction of sp³-hybridized carbons (Fsp3) is 0.130. The summed E-state index contributed by atoms with van der Waals surface area (Å²) in [7, 11) is 0. The molecule has 1 N–H and O–H groups in total. The average molecular weight is 331 g/mol. The Kier molecular flexibility index (Phi) is 4.99. The first-order valence-corrected chi connectivity index (χ1v) is 8.67. The Hall–Kier alpha value is -2.87. The van der Waals surface area contributed by atoms with Crippen molar-refractivity contribution < 1.29 is 4.39 Å². The van der Waals surface area contributed by atoms with E-state index in [2.05, 4.69) is 4.98 Å². The van der Waals surface area contributed by atoms with Gasteiger partial charge in [-0.3, -0.25) is 0 Å². The van der Waals surface area contributed by atoms with Crippen LogP contribution in [0.4, 0.5) is 4.39 Å². The van der Waals surface area contributed by atoms with Crippen LogP contribution in [0.2, 0.25) is 0 Å². The fourth-order valence-electron chi connectivity index (χ4n) is 3.03. The number of aryl methyl sites for hydroxylation is 1. The summed E-state index contributed by atoms with van der Waals surface area (Å²) in [5, 5.41) is 0.642. The minimum atomic E-state index is -0.188. The van der Waals surface area contributed by atoms with E-state index in [1.165, 1.54) is 0 Å². The molecular formula is C23H22FN. The van der Waals surface area contributed by atoms with E-state index in [0.29, 0.717) is 11.1 Å². The predicted octanol–water partition coefficient (Wildman–Crippen LogP) is 6.98. The predicted molar refractivity (Wildman–Crippen MR) is 105 cm³/mol. The van der Waals surface area contributed by atoms with Gasteiger partial charge in [0.2, 0.25) is 0 Å². The quantitative estimate of drug-likeness (QED) is 0.408. The molecule has 0 bridgehead atoms. The van der Waals surface area contributed by atoms with Crippen LogP contribution < -0.4 is 0 Å². The molecule has 1 aromatic heterocycles. The van der Waals surface area contributed by atoms with Crippen LogP contribution in [-0.4, -0.2) is 4.98 Å². The third-order valence-electron chi connectivity index (χ3n) is 4.17. The lowest BCUT2D eigenvalue weighted by Gasteiger charge is -2.08. The van der Waals surface area contributed by atoms with Crippen molar-refractivity contribution in [1.82, 2.24) is 4.98 Å². The molecule has 0 aliphatic carbocycles. The first-order chi connectivity index (χ1) is 12.2. The second-order valence-electron chi connectivity index (χ2n) is 5.77. The van der Waals surface area contributed by atoms with Crippen molar-refractivity contribution in [2.75, 3.05) is 0 Å². The summed E-state index contributed by atoms with van der Waals surface area (Å²) in [6.07, 6.45) is 0. The highest BCUT2D eigenvalue weighted by atomic mass is 19.1. The van der Waals surface area contributed by atoms with Gasteiger partial charge in [-0.2, -0.15) is 0 Å². The van der Waals surface area contributed by atoms with Gasteiger partial charge >= 0.3 is 0 Å². The van der Waals surface area contributed by atoms with Gasteiger partial charge in [0.15, 0.2) is 5.82 Å². The number of nitrogens with one attached hydrogen (secondary N) is 1. The molecule has 0 aliphatic rings. The molecule has 3 aromatic carbocycles. The Morgan fingerprint density at radius 3 is 2.12 bits per heavy atom. The molecule has 0 fully saturated rings. The van der Waals surface area contributed by atoms with E-state index in [1.54, 1.807) is 0 Å². The van der Waals surface area contributed by atoms with Gasteiger partial charge in [0, 0.05) is 16.5 Å². The molecule has 0 spiro atoms. The molecule has 0 saturated heterocycles. The van der Waals surface area contributed by atoms with Crippen LogP contribution in [-0.2, 0) is 0 Å². The molecule has 0 atom stereocenters. The summed E-state index contributed by atoms with van der Waals surface area (Å²) in [6.45, 7) is 5.98. The number of fused-ring (bicyclic) bond motifs is 1. The number of benzene rings is 3. The number of rotatable bonds is 2. The topological polar surface area (TPSA) is 15.8 Å². The average Bonchev–Trinajstić information content (AvgIpc) is 3.00. The highest BCUT2D eigenvalue weighted by Gasteiger charge is 2.16. The lowest BCUT2D eigenvalue weighted by atomic mass is 9.97. The molecule has 4 rings (SSSR count). The molecule has 1 nitrogen and oxygen atoms in total. The van der Waals surface area contributed by atoms with E-state index in [0.717, 1.165) is 27.8 Å². The smallest absolute Gasteiger partial charge is 0.156 e. The monoisotopic (exact) mass is 331 g/mol. The van der Waals surface area contributed by atoms with E-state index < -0.39 is 0 Å². The van der Waals surface area contributed by atoms with Crippen molar-refractivity contribution in [3.05, 3.63) is 84.2 Å². The van der Waals surface area contributed by atoms with Crippen molar-refractivity contribution in [3.63, 3.8) is 0 Å². The minimum absolute atomic E-state index is 0.188. The van der Waals surface area contributed by atoms with Crippen LogP contribution in [0.15, 0.2) is 72.8 Å². The summed E-state index contributed by atoms with van der Waals surface area (Å²) in [5.74, 6) is -0.188. The second kappa shape index (κ2) is 7.35. The second-order valence-corrected chi connectivity index (χ2v) is 5.77. The summed E-state index contributed by atoms with van der Waals surface area (Å²) < 4.78 is 15.0. The van der Waals surface area contributed by atoms with Crippen molar-refractivity contribution in [1.29, 1.82) is 0 Å². The highest BCUT2D eigenvalue weighted by Crippen LogP contribution is 2.35. The molecule has 0 aliphatic heterocycles. The van der Waals surface area contributed by atoms with Crippen LogP contribution in [0.3, 0.4) is 0 Å². The summed E-state index contributed by atoms with van der Waals surface area (Å²) in [6, 6.07) is 23.8. The Morgan fingerprint density at radius 1 is 0.760 bits per heavy atom. The molecule has 25 heavy (non-hydrogen) atoms. The Balaban J connectivity index is 0.000000880. The van der Waals surface area contributed by atoms with Crippen molar-refractivity contribution in [2.24, 2.45) is 0 Å². The zero-order valence-electron chi connectivity index (χ0n) is 14.8. The number of aromatic amines is 1. The van der Waals surface area contributed by atoms with Gasteiger partial charge in [-0.05, 0) is 30.2 Å². The van der Waals surface area contributed by atoms with E-state index >= 15 is 0 Å². The maximum Gasteiger partial charge on any atom is 0.156 e. The lowest BCUT2D eigenvalue weighted by Crippen LogP contribution is -1.87. The van der Waals surface area contributed by atoms with Gasteiger partial charge in [0.1, 0.15) is 0 Å². The van der Waals surface area contributed by atoms with Crippen molar-refractivity contribution in [2.45, 2.75) is 20.8 Å². The third-order valence-corrected chi connectivity index (χ3v) is 4.17. The molecule has 0 radical (unpaired) electrons. The largest absolute Gasteiger partial charge is 0.352 e. The zero-order chi connectivity index (χ0) is 17.8. The number of halogens is 1. The molecule has 0 unspecified atom stereocenters. The number of aromatic nitrogens is 1. The fourth-order valence-corrected chi connectivity index (χ4v) is 3.03. The molecule has 2 heteroatoms. The standard InChI is InChI=1S/C21H16FN.C2H6/c1-14-11-12-19-18(13-14)20(22)21(23-19)17-10-6-5-9-16(17)15-7-3-2-4-8-15;1-2/h2-13,23H,1H3;1-2H3. The molecule has 0 amide bonds. The molecule has 1 heterocycles. The highest BCUT2D eigenvalue weighted by molar-refractivity contribution is 5.91. The minimum Gasteiger partial charge on any atom is -0.352 e. The van der Waals surface area contributed by atoms with Gasteiger partial charge in [0.05, 0.1) is 5.69 Å². The van der Waals surface area contributed by atoms with E-state index in [4.69, 9.17) is 0 Å². The van der Waals surface area contributed by atoms with Gasteiger partial charge in [-0.1, -0.05) is 80.1 Å². The SMILES string of the molecule is CC.Cc1ccc2[nH]c(-c3ccccc3-c3ccccc3)c(F)c2c1. The maximum absolute atomic E-state index is 15.0. The Labute approximate surface area is 148 Å². The molecule has 0 saturated carbocycles. The van der Waals surface area contributed by atoms with E-state index in [1.807, 2.05) is 93.6 Å². The number of hydrogen-bond donors (Lipinski definition) is 1. The number of hydrogen-bond acceptors (Lipinski definition) is 0. The van der Waals surface area contributed by atoms with E-state index in [-0.39, 0.29) is 5.82 Å². The van der Waals surface area contributed by atoms with Gasteiger partial charge in [-0.15, -0.1) is 0 Å². The summed E-state index contributed by atoms with van der Waals surface area (Å²) in [4.78, 5) is 3.24. The lowest BCUT2D eigenvalue weighted by molar-refractivity contribution is 0.643. The van der Waals surface area contributed by atoms with Crippen LogP contribution in [0.25, 0.3) is 33.3 Å². The van der Waals surface area contributed by atoms with E-state index in [9.17, 15) is 4.39 Å². The maximum atomic E-state index is 15.0. The third kappa shape index (κ3) is 3.20. The van der Waals surface area contributed by atoms with Crippen LogP contribution in [0.5, 0.6) is 0 Å². The first-order valence-electron chi connectivity index (χ1n) is 8.67. The van der Waals surface area contributed by atoms with Crippen LogP contribution in [0.1, 0.15) is 19.4 Å². The Bertz CT molecular complexity index is 984. The van der Waals surface area contributed by atoms with Crippen LogP contribution >= 0.6 is 0 Å². The number of H-pyrrole nitrogens is 1. The van der Waals surface area contributed by atoms with Crippen molar-refractivity contribution in [3.8, 4) is 22.4 Å². The Morgan fingerprint density at radius 2 is 1.40 bits per heavy atom. The van der Waals surface area contributed by atoms with Crippen LogP contribution in [0, 0.1) is 12.7 Å².